The minimum Gasteiger partial charge on any atom is -0.396 e. The Kier molecular flexibility index (Phi) is 4.99. The Morgan fingerprint density at radius 2 is 2.25 bits per heavy atom. The summed E-state index contributed by atoms with van der Waals surface area (Å²) in [5.74, 6) is 0.109. The Hall–Kier alpha value is -0.720. The van der Waals surface area contributed by atoms with Gasteiger partial charge < -0.3 is 15.4 Å². The van der Waals surface area contributed by atoms with Crippen LogP contribution < -0.4 is 10.6 Å². The summed E-state index contributed by atoms with van der Waals surface area (Å²) in [6, 6.07) is 0. The number of nitrogens with zero attached hydrogens (tertiary/aromatic N) is 1. The third kappa shape index (κ3) is 2.97. The molecule has 112 valence electrons. The topological polar surface area (TPSA) is 55.6 Å². The van der Waals surface area contributed by atoms with E-state index in [0.717, 1.165) is 29.6 Å². The minimum absolute atomic E-state index is 0.0258. The van der Waals surface area contributed by atoms with Gasteiger partial charge in [0.2, 0.25) is 0 Å². The lowest BCUT2D eigenvalue weighted by Gasteiger charge is -2.32. The van der Waals surface area contributed by atoms with Gasteiger partial charge in [-0.3, -0.25) is 4.79 Å². The maximum absolute atomic E-state index is 12.3. The zero-order valence-electron chi connectivity index (χ0n) is 12.4. The fourth-order valence-electron chi connectivity index (χ4n) is 2.27. The third-order valence-electron chi connectivity index (χ3n) is 3.36. The molecule has 0 aromatic carbocycles. The molecule has 2 heterocycles. The van der Waals surface area contributed by atoms with Gasteiger partial charge in [0.15, 0.2) is 5.78 Å². The smallest absolute Gasteiger partial charge is 0.177 e. The predicted molar refractivity (Wildman–Crippen MR) is 87.3 cm³/mol. The van der Waals surface area contributed by atoms with Crippen LogP contribution in [-0.4, -0.2) is 37.8 Å². The van der Waals surface area contributed by atoms with Gasteiger partial charge in [-0.15, -0.1) is 23.1 Å². The number of hydrogen-bond acceptors (Lipinski definition) is 6. The number of thioether (sulfide) groups is 1. The molecule has 0 radical (unpaired) electrons. The number of ether oxygens (including phenoxy) is 1. The first-order valence-corrected chi connectivity index (χ1v) is 8.86. The maximum Gasteiger partial charge on any atom is 0.177 e. The molecule has 2 N–H and O–H groups in total. The first-order valence-electron chi connectivity index (χ1n) is 6.82. The van der Waals surface area contributed by atoms with Crippen LogP contribution in [0.15, 0.2) is 4.90 Å². The Labute approximate surface area is 128 Å². The maximum atomic E-state index is 12.3. The molecule has 0 aliphatic carbocycles. The number of morpholine rings is 1. The third-order valence-corrected chi connectivity index (χ3v) is 5.59. The van der Waals surface area contributed by atoms with Crippen LogP contribution in [0.2, 0.25) is 0 Å². The van der Waals surface area contributed by atoms with Crippen LogP contribution in [0, 0.1) is 5.92 Å². The summed E-state index contributed by atoms with van der Waals surface area (Å²) in [7, 11) is 0. The van der Waals surface area contributed by atoms with Crippen molar-refractivity contribution in [2.75, 3.05) is 36.6 Å². The van der Waals surface area contributed by atoms with E-state index in [2.05, 4.69) is 11.8 Å². The molecule has 0 saturated carbocycles. The SMILES string of the molecule is CSc1c(N2CCOC(C)C2)sc(C(=O)C(C)C)c1N. The van der Waals surface area contributed by atoms with Crippen molar-refractivity contribution in [3.8, 4) is 0 Å². The van der Waals surface area contributed by atoms with E-state index in [0.29, 0.717) is 10.6 Å². The Balaban J connectivity index is 2.37. The van der Waals surface area contributed by atoms with E-state index in [9.17, 15) is 4.79 Å². The van der Waals surface area contributed by atoms with Gasteiger partial charge in [0.05, 0.1) is 28.2 Å². The molecule has 1 fully saturated rings. The molecule has 6 heteroatoms. The van der Waals surface area contributed by atoms with Crippen LogP contribution in [0.1, 0.15) is 30.4 Å². The number of nitrogens with two attached hydrogens (primary N) is 1. The van der Waals surface area contributed by atoms with Gasteiger partial charge in [0, 0.05) is 19.0 Å². The number of rotatable bonds is 4. The van der Waals surface area contributed by atoms with E-state index in [-0.39, 0.29) is 17.8 Å². The number of carbonyl (C=O) groups is 1. The van der Waals surface area contributed by atoms with E-state index >= 15 is 0 Å². The van der Waals surface area contributed by atoms with Crippen molar-refractivity contribution in [1.82, 2.24) is 0 Å². The van der Waals surface area contributed by atoms with Crippen LogP contribution in [0.3, 0.4) is 0 Å². The number of carbonyl (C=O) groups excluding carboxylic acids is 1. The molecule has 1 unspecified atom stereocenters. The van der Waals surface area contributed by atoms with E-state index in [4.69, 9.17) is 10.5 Å². The second-order valence-electron chi connectivity index (χ2n) is 5.33. The molecule has 1 aromatic rings. The zero-order valence-corrected chi connectivity index (χ0v) is 14.1. The molecule has 1 aromatic heterocycles. The molecule has 1 atom stereocenters. The Morgan fingerprint density at radius 3 is 2.80 bits per heavy atom. The van der Waals surface area contributed by atoms with Crippen LogP contribution in [0.25, 0.3) is 0 Å². The van der Waals surface area contributed by atoms with Gasteiger partial charge in [-0.25, -0.2) is 0 Å². The fraction of sp³-hybridized carbons (Fsp3) is 0.643. The Bertz CT molecular complexity index is 500. The quantitative estimate of drug-likeness (QED) is 0.683. The van der Waals surface area contributed by atoms with E-state index in [1.54, 1.807) is 11.8 Å². The second-order valence-corrected chi connectivity index (χ2v) is 7.15. The first-order chi connectivity index (χ1) is 9.45. The van der Waals surface area contributed by atoms with Gasteiger partial charge in [-0.2, -0.15) is 0 Å². The highest BCUT2D eigenvalue weighted by Gasteiger charge is 2.27. The number of Topliss-reactive ketones (excluding diaryl/α,β-unsaturated/α-hetero) is 1. The molecule has 1 saturated heterocycles. The lowest BCUT2D eigenvalue weighted by molar-refractivity contribution is 0.0533. The van der Waals surface area contributed by atoms with Gasteiger partial charge in [0.25, 0.3) is 0 Å². The molecule has 4 nitrogen and oxygen atoms in total. The monoisotopic (exact) mass is 314 g/mol. The molecule has 1 aliphatic heterocycles. The highest BCUT2D eigenvalue weighted by atomic mass is 32.2. The van der Waals surface area contributed by atoms with Gasteiger partial charge in [-0.1, -0.05) is 13.8 Å². The minimum atomic E-state index is -0.0258. The molecule has 0 bridgehead atoms. The van der Waals surface area contributed by atoms with Gasteiger partial charge >= 0.3 is 0 Å². The normalized spacial score (nSPS) is 19.6. The van der Waals surface area contributed by atoms with Crippen molar-refractivity contribution in [3.63, 3.8) is 0 Å². The lowest BCUT2D eigenvalue weighted by atomic mass is 10.1. The number of nitrogen functional groups attached to an aromatic ring is 1. The zero-order chi connectivity index (χ0) is 14.9. The highest BCUT2D eigenvalue weighted by molar-refractivity contribution is 7.99. The van der Waals surface area contributed by atoms with Crippen molar-refractivity contribution in [1.29, 1.82) is 0 Å². The number of hydrogen-bond donors (Lipinski definition) is 1. The average Bonchev–Trinajstić information content (AvgIpc) is 2.74. The highest BCUT2D eigenvalue weighted by Crippen LogP contribution is 2.45. The molecule has 2 rings (SSSR count). The van der Waals surface area contributed by atoms with E-state index < -0.39 is 0 Å². The van der Waals surface area contributed by atoms with Crippen molar-refractivity contribution in [2.24, 2.45) is 5.92 Å². The first kappa shape index (κ1) is 15.7. The van der Waals surface area contributed by atoms with Crippen LogP contribution in [0.5, 0.6) is 0 Å². The molecular formula is C14H22N2O2S2. The fourth-order valence-corrected chi connectivity index (χ4v) is 4.57. The Morgan fingerprint density at radius 1 is 1.55 bits per heavy atom. The number of ketones is 1. The standard InChI is InChI=1S/C14H22N2O2S2/c1-8(2)11(17)12-10(15)13(19-4)14(20-12)16-5-6-18-9(3)7-16/h8-9H,5-7,15H2,1-4H3. The molecule has 20 heavy (non-hydrogen) atoms. The summed E-state index contributed by atoms with van der Waals surface area (Å²) < 4.78 is 5.58. The predicted octanol–water partition coefficient (Wildman–Crippen LogP) is 3.12. The van der Waals surface area contributed by atoms with Crippen LogP contribution in [-0.2, 0) is 4.74 Å². The van der Waals surface area contributed by atoms with Crippen molar-refractivity contribution < 1.29 is 9.53 Å². The van der Waals surface area contributed by atoms with Crippen molar-refractivity contribution in [2.45, 2.75) is 31.8 Å². The molecule has 1 aliphatic rings. The van der Waals surface area contributed by atoms with Gasteiger partial charge in [-0.05, 0) is 13.2 Å². The summed E-state index contributed by atoms with van der Waals surface area (Å²) in [6.07, 6.45) is 2.22. The second kappa shape index (κ2) is 6.37. The molecular weight excluding hydrogens is 292 g/mol. The van der Waals surface area contributed by atoms with Crippen molar-refractivity contribution in [3.05, 3.63) is 4.88 Å². The molecule has 0 amide bonds. The molecule has 0 spiro atoms. The summed E-state index contributed by atoms with van der Waals surface area (Å²) in [6.45, 7) is 8.33. The summed E-state index contributed by atoms with van der Waals surface area (Å²) in [4.78, 5) is 16.3. The lowest BCUT2D eigenvalue weighted by Crippen LogP contribution is -2.40. The van der Waals surface area contributed by atoms with E-state index in [1.807, 2.05) is 20.1 Å². The number of thiophene rings is 1. The van der Waals surface area contributed by atoms with Crippen LogP contribution in [0.4, 0.5) is 10.7 Å². The number of anilines is 2. The summed E-state index contributed by atoms with van der Waals surface area (Å²) in [5, 5.41) is 1.12. The van der Waals surface area contributed by atoms with E-state index in [1.165, 1.54) is 11.3 Å². The van der Waals surface area contributed by atoms with Crippen LogP contribution >= 0.6 is 23.1 Å². The summed E-state index contributed by atoms with van der Waals surface area (Å²) in [5.41, 5.74) is 6.85. The largest absolute Gasteiger partial charge is 0.396 e. The van der Waals surface area contributed by atoms with Crippen molar-refractivity contribution >= 4 is 39.6 Å². The van der Waals surface area contributed by atoms with Gasteiger partial charge in [0.1, 0.15) is 5.00 Å². The average molecular weight is 314 g/mol. The summed E-state index contributed by atoms with van der Waals surface area (Å²) >= 11 is 3.15.